The van der Waals surface area contributed by atoms with Crippen molar-refractivity contribution in [1.29, 1.82) is 0 Å². The molecule has 0 fully saturated rings. The lowest BCUT2D eigenvalue weighted by atomic mass is 10.1. The number of aromatic amines is 1. The van der Waals surface area contributed by atoms with Crippen molar-refractivity contribution in [2.75, 3.05) is 0 Å². The standard InChI is InChI=1S/C13H14N2/c1-2-6-11-10(5-1)9-13(15-11)12-7-3-4-8-14-12/h1-2,4-6,8-9,12,14-15H,3,7H2. The molecule has 0 aliphatic carbocycles. The highest BCUT2D eigenvalue weighted by Gasteiger charge is 2.13. The summed E-state index contributed by atoms with van der Waals surface area (Å²) in [5, 5.41) is 4.68. The third-order valence-electron chi connectivity index (χ3n) is 2.96. The predicted molar refractivity (Wildman–Crippen MR) is 62.5 cm³/mol. The number of hydrogen-bond donors (Lipinski definition) is 2. The summed E-state index contributed by atoms with van der Waals surface area (Å²) in [6.45, 7) is 0. The minimum atomic E-state index is 0.447. The number of allylic oxidation sites excluding steroid dienone is 1. The van der Waals surface area contributed by atoms with E-state index in [1.807, 2.05) is 0 Å². The molecular formula is C13H14N2. The van der Waals surface area contributed by atoms with Crippen LogP contribution in [-0.2, 0) is 0 Å². The fourth-order valence-electron chi connectivity index (χ4n) is 2.14. The highest BCUT2D eigenvalue weighted by atomic mass is 14.9. The summed E-state index contributed by atoms with van der Waals surface area (Å²) in [7, 11) is 0. The average Bonchev–Trinajstić information content (AvgIpc) is 2.74. The van der Waals surface area contributed by atoms with E-state index in [4.69, 9.17) is 0 Å². The second-order valence-corrected chi connectivity index (χ2v) is 4.01. The lowest BCUT2D eigenvalue weighted by Gasteiger charge is -2.18. The first-order valence-corrected chi connectivity index (χ1v) is 5.42. The zero-order valence-corrected chi connectivity index (χ0v) is 8.53. The van der Waals surface area contributed by atoms with Gasteiger partial charge in [-0.15, -0.1) is 0 Å². The first-order valence-electron chi connectivity index (χ1n) is 5.42. The molecule has 0 saturated heterocycles. The SMILES string of the molecule is C1=CNC(c2cc3ccccc3[nH]2)CC1. The lowest BCUT2D eigenvalue weighted by molar-refractivity contribution is 0.543. The first-order chi connectivity index (χ1) is 7.43. The van der Waals surface area contributed by atoms with Gasteiger partial charge in [-0.25, -0.2) is 0 Å². The second kappa shape index (κ2) is 3.46. The van der Waals surface area contributed by atoms with Crippen molar-refractivity contribution in [3.63, 3.8) is 0 Å². The van der Waals surface area contributed by atoms with Crippen molar-refractivity contribution in [2.24, 2.45) is 0 Å². The Morgan fingerprint density at radius 3 is 2.93 bits per heavy atom. The van der Waals surface area contributed by atoms with E-state index >= 15 is 0 Å². The number of hydrogen-bond acceptors (Lipinski definition) is 1. The van der Waals surface area contributed by atoms with Crippen LogP contribution in [-0.4, -0.2) is 4.98 Å². The Hall–Kier alpha value is -1.70. The third kappa shape index (κ3) is 1.52. The molecule has 2 heterocycles. The van der Waals surface area contributed by atoms with E-state index in [1.165, 1.54) is 23.0 Å². The summed E-state index contributed by atoms with van der Waals surface area (Å²) < 4.78 is 0. The van der Waals surface area contributed by atoms with E-state index in [9.17, 15) is 0 Å². The van der Waals surface area contributed by atoms with Crippen LogP contribution in [0.3, 0.4) is 0 Å². The van der Waals surface area contributed by atoms with Crippen molar-refractivity contribution in [3.8, 4) is 0 Å². The van der Waals surface area contributed by atoms with Gasteiger partial charge in [0, 0.05) is 11.2 Å². The Morgan fingerprint density at radius 1 is 1.20 bits per heavy atom. The summed E-state index contributed by atoms with van der Waals surface area (Å²) in [5.41, 5.74) is 2.52. The Labute approximate surface area is 89.0 Å². The second-order valence-electron chi connectivity index (χ2n) is 4.01. The van der Waals surface area contributed by atoms with Crippen molar-refractivity contribution < 1.29 is 0 Å². The minimum Gasteiger partial charge on any atom is -0.383 e. The zero-order valence-electron chi connectivity index (χ0n) is 8.53. The lowest BCUT2D eigenvalue weighted by Crippen LogP contribution is -2.18. The summed E-state index contributed by atoms with van der Waals surface area (Å²) in [5.74, 6) is 0. The Morgan fingerprint density at radius 2 is 2.13 bits per heavy atom. The number of fused-ring (bicyclic) bond motifs is 1. The van der Waals surface area contributed by atoms with Crippen molar-refractivity contribution >= 4 is 10.9 Å². The molecular weight excluding hydrogens is 184 g/mol. The van der Waals surface area contributed by atoms with Gasteiger partial charge in [0.05, 0.1) is 6.04 Å². The van der Waals surface area contributed by atoms with Gasteiger partial charge in [-0.3, -0.25) is 0 Å². The molecule has 2 N–H and O–H groups in total. The normalized spacial score (nSPS) is 20.4. The highest BCUT2D eigenvalue weighted by Crippen LogP contribution is 2.24. The van der Waals surface area contributed by atoms with Crippen LogP contribution in [0.2, 0.25) is 0 Å². The Kier molecular flexibility index (Phi) is 1.98. The van der Waals surface area contributed by atoms with Crippen LogP contribution in [0.1, 0.15) is 24.6 Å². The van der Waals surface area contributed by atoms with Crippen LogP contribution in [0.25, 0.3) is 10.9 Å². The van der Waals surface area contributed by atoms with Crippen molar-refractivity contribution in [1.82, 2.24) is 10.3 Å². The molecule has 0 radical (unpaired) electrons. The molecule has 2 heteroatoms. The molecule has 0 spiro atoms. The van der Waals surface area contributed by atoms with Gasteiger partial charge in [0.2, 0.25) is 0 Å². The highest BCUT2D eigenvalue weighted by molar-refractivity contribution is 5.80. The van der Waals surface area contributed by atoms with Gasteiger partial charge >= 0.3 is 0 Å². The van der Waals surface area contributed by atoms with Gasteiger partial charge in [0.1, 0.15) is 0 Å². The quantitative estimate of drug-likeness (QED) is 0.724. The average molecular weight is 198 g/mol. The van der Waals surface area contributed by atoms with Gasteiger partial charge in [-0.1, -0.05) is 24.3 Å². The minimum absolute atomic E-state index is 0.447. The van der Waals surface area contributed by atoms with E-state index in [1.54, 1.807) is 0 Å². The summed E-state index contributed by atoms with van der Waals surface area (Å²) in [6, 6.07) is 11.1. The first kappa shape index (κ1) is 8.60. The number of para-hydroxylation sites is 1. The molecule has 1 aliphatic heterocycles. The molecule has 0 saturated carbocycles. The number of benzene rings is 1. The Bertz CT molecular complexity index is 463. The number of rotatable bonds is 1. The summed E-state index contributed by atoms with van der Waals surface area (Å²) in [4.78, 5) is 3.47. The number of nitrogens with one attached hydrogen (secondary N) is 2. The van der Waals surface area contributed by atoms with Gasteiger partial charge in [0.15, 0.2) is 0 Å². The topological polar surface area (TPSA) is 27.8 Å². The molecule has 1 unspecified atom stereocenters. The molecule has 2 aromatic rings. The fourth-order valence-corrected chi connectivity index (χ4v) is 2.14. The molecule has 15 heavy (non-hydrogen) atoms. The molecule has 3 rings (SSSR count). The molecule has 2 nitrogen and oxygen atoms in total. The molecule has 0 bridgehead atoms. The molecule has 0 amide bonds. The van der Waals surface area contributed by atoms with Crippen LogP contribution >= 0.6 is 0 Å². The fraction of sp³-hybridized carbons (Fsp3) is 0.231. The maximum Gasteiger partial charge on any atom is 0.0660 e. The van der Waals surface area contributed by atoms with Gasteiger partial charge in [-0.2, -0.15) is 0 Å². The van der Waals surface area contributed by atoms with Gasteiger partial charge < -0.3 is 10.3 Å². The van der Waals surface area contributed by atoms with Crippen LogP contribution in [0.15, 0.2) is 42.6 Å². The summed E-state index contributed by atoms with van der Waals surface area (Å²) >= 11 is 0. The van der Waals surface area contributed by atoms with E-state index in [0.29, 0.717) is 6.04 Å². The van der Waals surface area contributed by atoms with Gasteiger partial charge in [-0.05, 0) is 36.6 Å². The molecule has 76 valence electrons. The van der Waals surface area contributed by atoms with Gasteiger partial charge in [0.25, 0.3) is 0 Å². The van der Waals surface area contributed by atoms with E-state index < -0.39 is 0 Å². The number of H-pyrrole nitrogens is 1. The van der Waals surface area contributed by atoms with E-state index in [0.717, 1.165) is 6.42 Å². The van der Waals surface area contributed by atoms with Crippen molar-refractivity contribution in [2.45, 2.75) is 18.9 Å². The molecule has 1 aromatic carbocycles. The smallest absolute Gasteiger partial charge is 0.0660 e. The van der Waals surface area contributed by atoms with Crippen LogP contribution in [0.4, 0.5) is 0 Å². The van der Waals surface area contributed by atoms with E-state index in [-0.39, 0.29) is 0 Å². The molecule has 1 aromatic heterocycles. The molecule has 1 atom stereocenters. The summed E-state index contributed by atoms with van der Waals surface area (Å²) in [6.07, 6.45) is 6.56. The third-order valence-corrected chi connectivity index (χ3v) is 2.96. The Balaban J connectivity index is 2.00. The van der Waals surface area contributed by atoms with Crippen LogP contribution in [0, 0.1) is 0 Å². The number of aromatic nitrogens is 1. The maximum absolute atomic E-state index is 3.47. The van der Waals surface area contributed by atoms with Crippen LogP contribution < -0.4 is 5.32 Å². The van der Waals surface area contributed by atoms with Crippen LogP contribution in [0.5, 0.6) is 0 Å². The van der Waals surface area contributed by atoms with E-state index in [2.05, 4.69) is 52.9 Å². The molecule has 1 aliphatic rings. The maximum atomic E-state index is 3.47. The zero-order chi connectivity index (χ0) is 10.1. The van der Waals surface area contributed by atoms with Crippen molar-refractivity contribution in [3.05, 3.63) is 48.3 Å². The monoisotopic (exact) mass is 198 g/mol. The predicted octanol–water partition coefficient (Wildman–Crippen LogP) is 3.11. The largest absolute Gasteiger partial charge is 0.383 e.